The molecule has 1 aliphatic rings. The molecule has 0 saturated carbocycles. The molecule has 0 spiro atoms. The molecule has 1 heterocycles. The molecule has 1 fully saturated rings. The largest absolute Gasteiger partial charge is 0.309 e. The molecule has 0 radical (unpaired) electrons. The highest BCUT2D eigenvalue weighted by molar-refractivity contribution is 4.73. The summed E-state index contributed by atoms with van der Waals surface area (Å²) in [6, 6.07) is 0. The van der Waals surface area contributed by atoms with E-state index in [9.17, 15) is 0 Å². The average Bonchev–Trinajstić information content (AvgIpc) is 2.31. The fourth-order valence-electron chi connectivity index (χ4n) is 1.70. The molecule has 66 valence electrons. The van der Waals surface area contributed by atoms with Gasteiger partial charge in [0.1, 0.15) is 0 Å². The summed E-state index contributed by atoms with van der Waals surface area (Å²) >= 11 is 0. The van der Waals surface area contributed by atoms with Crippen LogP contribution in [0.4, 0.5) is 0 Å². The summed E-state index contributed by atoms with van der Waals surface area (Å²) in [5.74, 6) is 0.961. The first kappa shape index (κ1) is 9.01. The molecule has 0 bridgehead atoms. The molecule has 0 aromatic carbocycles. The van der Waals surface area contributed by atoms with E-state index in [1.807, 2.05) is 0 Å². The van der Waals surface area contributed by atoms with Gasteiger partial charge in [0.2, 0.25) is 0 Å². The lowest BCUT2D eigenvalue weighted by Gasteiger charge is -2.13. The lowest BCUT2D eigenvalue weighted by Crippen LogP contribution is -2.19. The van der Waals surface area contributed by atoms with Crippen molar-refractivity contribution >= 4 is 0 Å². The van der Waals surface area contributed by atoms with Crippen LogP contribution in [0.25, 0.3) is 0 Å². The summed E-state index contributed by atoms with van der Waals surface area (Å²) in [6.45, 7) is 3.87. The fourth-order valence-corrected chi connectivity index (χ4v) is 1.70. The zero-order valence-corrected chi connectivity index (χ0v) is 8.01. The van der Waals surface area contributed by atoms with Crippen LogP contribution in [0.3, 0.4) is 0 Å². The van der Waals surface area contributed by atoms with Gasteiger partial charge in [-0.05, 0) is 53.0 Å². The standard InChI is InChI=1S/C9H20N2/c1-10(2)6-4-9-5-7-11(3)8-9/h9H,4-8H2,1-3H3. The minimum absolute atomic E-state index is 0.961. The summed E-state index contributed by atoms with van der Waals surface area (Å²) < 4.78 is 0. The zero-order valence-electron chi connectivity index (χ0n) is 8.01. The van der Waals surface area contributed by atoms with E-state index in [1.165, 1.54) is 32.5 Å². The fraction of sp³-hybridized carbons (Fsp3) is 1.00. The number of likely N-dealkylation sites (tertiary alicyclic amines) is 1. The van der Waals surface area contributed by atoms with Crippen LogP contribution in [0.15, 0.2) is 0 Å². The van der Waals surface area contributed by atoms with Crippen LogP contribution in [0.5, 0.6) is 0 Å². The second-order valence-corrected chi connectivity index (χ2v) is 4.01. The molecule has 11 heavy (non-hydrogen) atoms. The number of nitrogens with zero attached hydrogens (tertiary/aromatic N) is 2. The Morgan fingerprint density at radius 1 is 1.45 bits per heavy atom. The molecule has 0 aromatic rings. The molecule has 0 aliphatic carbocycles. The van der Waals surface area contributed by atoms with Gasteiger partial charge in [0.25, 0.3) is 0 Å². The van der Waals surface area contributed by atoms with Crippen molar-refractivity contribution in [3.8, 4) is 0 Å². The lowest BCUT2D eigenvalue weighted by molar-refractivity contribution is 0.338. The first-order valence-electron chi connectivity index (χ1n) is 4.52. The van der Waals surface area contributed by atoms with Gasteiger partial charge >= 0.3 is 0 Å². The van der Waals surface area contributed by atoms with Crippen molar-refractivity contribution in [1.29, 1.82) is 0 Å². The van der Waals surface area contributed by atoms with Gasteiger partial charge in [-0.2, -0.15) is 0 Å². The predicted molar refractivity (Wildman–Crippen MR) is 48.8 cm³/mol. The topological polar surface area (TPSA) is 6.48 Å². The van der Waals surface area contributed by atoms with Crippen LogP contribution in [0.2, 0.25) is 0 Å². The van der Waals surface area contributed by atoms with Crippen molar-refractivity contribution in [2.75, 3.05) is 40.8 Å². The summed E-state index contributed by atoms with van der Waals surface area (Å²) in [5.41, 5.74) is 0. The molecular formula is C9H20N2. The molecule has 1 saturated heterocycles. The van der Waals surface area contributed by atoms with Gasteiger partial charge in [-0.3, -0.25) is 0 Å². The maximum absolute atomic E-state index is 2.43. The molecule has 1 unspecified atom stereocenters. The highest BCUT2D eigenvalue weighted by Crippen LogP contribution is 2.17. The SMILES string of the molecule is CN(C)CCC1CCN(C)C1. The lowest BCUT2D eigenvalue weighted by atomic mass is 10.1. The Morgan fingerprint density at radius 3 is 2.64 bits per heavy atom. The smallest absolute Gasteiger partial charge is 0.000756 e. The first-order valence-corrected chi connectivity index (χ1v) is 4.52. The molecule has 1 atom stereocenters. The molecule has 0 N–H and O–H groups in total. The average molecular weight is 156 g/mol. The highest BCUT2D eigenvalue weighted by Gasteiger charge is 2.18. The van der Waals surface area contributed by atoms with E-state index in [2.05, 4.69) is 30.9 Å². The van der Waals surface area contributed by atoms with Gasteiger partial charge in [-0.25, -0.2) is 0 Å². The zero-order chi connectivity index (χ0) is 8.27. The summed E-state index contributed by atoms with van der Waals surface area (Å²) in [7, 11) is 6.52. The number of hydrogen-bond acceptors (Lipinski definition) is 2. The molecule has 0 aromatic heterocycles. The van der Waals surface area contributed by atoms with E-state index < -0.39 is 0 Å². The Hall–Kier alpha value is -0.0800. The maximum Gasteiger partial charge on any atom is 0.000756 e. The number of rotatable bonds is 3. The van der Waals surface area contributed by atoms with Crippen LogP contribution in [-0.2, 0) is 0 Å². The minimum atomic E-state index is 0.961. The van der Waals surface area contributed by atoms with Crippen LogP contribution >= 0.6 is 0 Å². The van der Waals surface area contributed by atoms with Gasteiger partial charge in [-0.15, -0.1) is 0 Å². The van der Waals surface area contributed by atoms with E-state index in [1.54, 1.807) is 0 Å². The van der Waals surface area contributed by atoms with Gasteiger partial charge in [0.15, 0.2) is 0 Å². The van der Waals surface area contributed by atoms with Gasteiger partial charge < -0.3 is 9.80 Å². The molecule has 1 aliphatic heterocycles. The van der Waals surface area contributed by atoms with Crippen molar-refractivity contribution in [2.45, 2.75) is 12.8 Å². The Bertz CT molecular complexity index is 112. The molecular weight excluding hydrogens is 136 g/mol. The quantitative estimate of drug-likeness (QED) is 0.599. The van der Waals surface area contributed by atoms with E-state index in [4.69, 9.17) is 0 Å². The van der Waals surface area contributed by atoms with Crippen molar-refractivity contribution < 1.29 is 0 Å². The molecule has 2 heteroatoms. The number of hydrogen-bond donors (Lipinski definition) is 0. The Morgan fingerprint density at radius 2 is 2.18 bits per heavy atom. The van der Waals surface area contributed by atoms with E-state index in [0.29, 0.717) is 0 Å². The normalized spacial score (nSPS) is 26.7. The second-order valence-electron chi connectivity index (χ2n) is 4.01. The van der Waals surface area contributed by atoms with Gasteiger partial charge in [0, 0.05) is 6.54 Å². The van der Waals surface area contributed by atoms with Crippen LogP contribution in [0.1, 0.15) is 12.8 Å². The third kappa shape index (κ3) is 3.21. The van der Waals surface area contributed by atoms with Crippen LogP contribution in [0, 0.1) is 5.92 Å². The monoisotopic (exact) mass is 156 g/mol. The van der Waals surface area contributed by atoms with E-state index >= 15 is 0 Å². The van der Waals surface area contributed by atoms with Crippen LogP contribution < -0.4 is 0 Å². The summed E-state index contributed by atoms with van der Waals surface area (Å²) in [6.07, 6.45) is 2.78. The highest BCUT2D eigenvalue weighted by atomic mass is 15.1. The predicted octanol–water partition coefficient (Wildman–Crippen LogP) is 0.890. The van der Waals surface area contributed by atoms with E-state index in [-0.39, 0.29) is 0 Å². The third-order valence-electron chi connectivity index (χ3n) is 2.47. The second kappa shape index (κ2) is 4.07. The third-order valence-corrected chi connectivity index (χ3v) is 2.47. The van der Waals surface area contributed by atoms with Crippen LogP contribution in [-0.4, -0.2) is 50.6 Å². The first-order chi connectivity index (χ1) is 5.18. The van der Waals surface area contributed by atoms with E-state index in [0.717, 1.165) is 5.92 Å². The van der Waals surface area contributed by atoms with Crippen molar-refractivity contribution in [2.24, 2.45) is 5.92 Å². The molecule has 1 rings (SSSR count). The maximum atomic E-state index is 2.43. The Balaban J connectivity index is 2.08. The Kier molecular flexibility index (Phi) is 3.34. The Labute approximate surface area is 70.2 Å². The minimum Gasteiger partial charge on any atom is -0.309 e. The molecule has 0 amide bonds. The molecule has 2 nitrogen and oxygen atoms in total. The van der Waals surface area contributed by atoms with Crippen molar-refractivity contribution in [1.82, 2.24) is 9.80 Å². The summed E-state index contributed by atoms with van der Waals surface area (Å²) in [4.78, 5) is 4.71. The summed E-state index contributed by atoms with van der Waals surface area (Å²) in [5, 5.41) is 0. The van der Waals surface area contributed by atoms with Crippen molar-refractivity contribution in [3.05, 3.63) is 0 Å². The van der Waals surface area contributed by atoms with Gasteiger partial charge in [0.05, 0.1) is 0 Å². The van der Waals surface area contributed by atoms with Gasteiger partial charge in [-0.1, -0.05) is 0 Å². The van der Waals surface area contributed by atoms with Crippen molar-refractivity contribution in [3.63, 3.8) is 0 Å².